The smallest absolute Gasteiger partial charge is 0.265 e. The van der Waals surface area contributed by atoms with Gasteiger partial charge in [-0.2, -0.15) is 0 Å². The Hall–Kier alpha value is -3.61. The summed E-state index contributed by atoms with van der Waals surface area (Å²) < 4.78 is 34.3. The monoisotopic (exact) mass is 547 g/mol. The molecule has 196 valence electrons. The summed E-state index contributed by atoms with van der Waals surface area (Å²) in [5.41, 5.74) is 5.45. The van der Waals surface area contributed by atoms with Crippen molar-refractivity contribution < 1.29 is 17.9 Å². The number of hydrogen-bond acceptors (Lipinski definition) is 4. The summed E-state index contributed by atoms with van der Waals surface area (Å²) in [6.07, 6.45) is 1.24. The first-order valence-electron chi connectivity index (χ1n) is 12.4. The molecule has 0 fully saturated rings. The third kappa shape index (κ3) is 6.26. The second-order valence-corrected chi connectivity index (χ2v) is 11.1. The van der Waals surface area contributed by atoms with Gasteiger partial charge in [0, 0.05) is 16.1 Å². The van der Waals surface area contributed by atoms with Crippen molar-refractivity contribution in [1.29, 1.82) is 0 Å². The largest absolute Gasteiger partial charge is 0.493 e. The Bertz CT molecular complexity index is 1570. The summed E-state index contributed by atoms with van der Waals surface area (Å²) in [5, 5.41) is 0.316. The molecule has 0 atom stereocenters. The number of sulfonamides is 1. The molecule has 4 aromatic rings. The van der Waals surface area contributed by atoms with Crippen LogP contribution in [-0.2, 0) is 22.9 Å². The fourth-order valence-electron chi connectivity index (χ4n) is 4.37. The zero-order chi connectivity index (χ0) is 27.3. The summed E-state index contributed by atoms with van der Waals surface area (Å²) >= 11 is 6.13. The van der Waals surface area contributed by atoms with Gasteiger partial charge in [0.1, 0.15) is 5.75 Å². The lowest BCUT2D eigenvalue weighted by Crippen LogP contribution is -2.31. The Balaban J connectivity index is 1.73. The number of amides is 1. The Kier molecular flexibility index (Phi) is 8.55. The first-order valence-corrected chi connectivity index (χ1v) is 14.3. The molecule has 4 aromatic carbocycles. The average molecular weight is 548 g/mol. The maximum atomic E-state index is 13.4. The SMILES string of the molecule is CCOc1ccc(C)cc1-c1ccc(C(=O)NS(=O)(=O)c2cccc(Cl)c2C)c(CCc2ccccc2)c1. The molecule has 5 nitrogen and oxygen atoms in total. The highest BCUT2D eigenvalue weighted by atomic mass is 35.5. The van der Waals surface area contributed by atoms with Crippen LogP contribution in [0.3, 0.4) is 0 Å². The molecule has 38 heavy (non-hydrogen) atoms. The minimum Gasteiger partial charge on any atom is -0.493 e. The van der Waals surface area contributed by atoms with Crippen LogP contribution >= 0.6 is 11.6 Å². The summed E-state index contributed by atoms with van der Waals surface area (Å²) in [7, 11) is -4.13. The molecule has 0 aliphatic rings. The van der Waals surface area contributed by atoms with E-state index in [0.29, 0.717) is 35.6 Å². The maximum Gasteiger partial charge on any atom is 0.265 e. The van der Waals surface area contributed by atoms with E-state index < -0.39 is 15.9 Å². The second kappa shape index (κ2) is 11.8. The molecule has 7 heteroatoms. The number of carbonyl (C=O) groups excluding carboxylic acids is 1. The lowest BCUT2D eigenvalue weighted by atomic mass is 9.94. The van der Waals surface area contributed by atoms with Crippen LogP contribution < -0.4 is 9.46 Å². The average Bonchev–Trinajstić information content (AvgIpc) is 2.90. The number of ether oxygens (including phenoxy) is 1. The summed E-state index contributed by atoms with van der Waals surface area (Å²) in [4.78, 5) is 13.4. The van der Waals surface area contributed by atoms with Crippen molar-refractivity contribution in [2.45, 2.75) is 38.5 Å². The third-order valence-corrected chi connectivity index (χ3v) is 8.24. The van der Waals surface area contributed by atoms with E-state index >= 15 is 0 Å². The van der Waals surface area contributed by atoms with E-state index in [4.69, 9.17) is 16.3 Å². The van der Waals surface area contributed by atoms with Gasteiger partial charge in [0.05, 0.1) is 11.5 Å². The van der Waals surface area contributed by atoms with Gasteiger partial charge in [-0.1, -0.05) is 71.8 Å². The van der Waals surface area contributed by atoms with Crippen LogP contribution in [0.15, 0.2) is 89.8 Å². The van der Waals surface area contributed by atoms with E-state index in [1.165, 1.54) is 6.07 Å². The molecule has 1 N–H and O–H groups in total. The molecule has 1 amide bonds. The van der Waals surface area contributed by atoms with Crippen LogP contribution in [0.4, 0.5) is 0 Å². The molecular formula is C31H30ClNO4S. The standard InChI is InChI=1S/C31H30ClNO4S/c1-4-37-29-18-13-21(2)19-27(29)25-16-17-26(24(20-25)15-14-23-9-6-5-7-10-23)31(34)33-38(35,36)30-12-8-11-28(32)22(30)3/h5-13,16-20H,4,14-15H2,1-3H3,(H,33,34). The molecule has 0 heterocycles. The highest BCUT2D eigenvalue weighted by Gasteiger charge is 2.23. The quantitative estimate of drug-likeness (QED) is 0.247. The van der Waals surface area contributed by atoms with Crippen LogP contribution in [0.1, 0.15) is 39.5 Å². The minimum atomic E-state index is -4.13. The van der Waals surface area contributed by atoms with Crippen molar-refractivity contribution >= 4 is 27.5 Å². The van der Waals surface area contributed by atoms with Crippen LogP contribution in [-0.4, -0.2) is 20.9 Å². The maximum absolute atomic E-state index is 13.4. The van der Waals surface area contributed by atoms with E-state index in [1.807, 2.05) is 74.5 Å². The van der Waals surface area contributed by atoms with E-state index in [-0.39, 0.29) is 4.90 Å². The van der Waals surface area contributed by atoms with Crippen LogP contribution in [0.2, 0.25) is 5.02 Å². The Morgan fingerprint density at radius 1 is 0.895 bits per heavy atom. The van der Waals surface area contributed by atoms with Crippen LogP contribution in [0.25, 0.3) is 11.1 Å². The van der Waals surface area contributed by atoms with Crippen molar-refractivity contribution in [3.8, 4) is 16.9 Å². The minimum absolute atomic E-state index is 0.0260. The molecule has 0 unspecified atom stereocenters. The van der Waals surface area contributed by atoms with Gasteiger partial charge in [-0.15, -0.1) is 0 Å². The molecule has 4 rings (SSSR count). The number of carbonyl (C=O) groups is 1. The first-order chi connectivity index (χ1) is 18.2. The van der Waals surface area contributed by atoms with E-state index in [9.17, 15) is 13.2 Å². The number of nitrogens with one attached hydrogen (secondary N) is 1. The summed E-state index contributed by atoms with van der Waals surface area (Å²) in [6.45, 7) is 6.09. The molecule has 0 aliphatic heterocycles. The number of benzene rings is 4. The van der Waals surface area contributed by atoms with E-state index in [0.717, 1.165) is 33.6 Å². The van der Waals surface area contributed by atoms with Crippen molar-refractivity contribution in [1.82, 2.24) is 4.72 Å². The highest BCUT2D eigenvalue weighted by Crippen LogP contribution is 2.33. The van der Waals surface area contributed by atoms with Crippen LogP contribution in [0.5, 0.6) is 5.75 Å². The van der Waals surface area contributed by atoms with Gasteiger partial charge in [-0.05, 0) is 86.2 Å². The Morgan fingerprint density at radius 2 is 1.66 bits per heavy atom. The van der Waals surface area contributed by atoms with Crippen molar-refractivity contribution in [3.05, 3.63) is 118 Å². The molecule has 0 bridgehead atoms. The fourth-order valence-corrected chi connectivity index (χ4v) is 5.84. The molecule has 0 aromatic heterocycles. The van der Waals surface area contributed by atoms with Gasteiger partial charge in [-0.25, -0.2) is 13.1 Å². The zero-order valence-electron chi connectivity index (χ0n) is 21.6. The van der Waals surface area contributed by atoms with Gasteiger partial charge in [0.25, 0.3) is 15.9 Å². The number of hydrogen-bond donors (Lipinski definition) is 1. The number of halogens is 1. The molecule has 0 spiro atoms. The van der Waals surface area contributed by atoms with Gasteiger partial charge >= 0.3 is 0 Å². The lowest BCUT2D eigenvalue weighted by molar-refractivity contribution is 0.0980. The lowest BCUT2D eigenvalue weighted by Gasteiger charge is -2.16. The van der Waals surface area contributed by atoms with Crippen LogP contribution in [0, 0.1) is 13.8 Å². The normalized spacial score (nSPS) is 11.3. The Labute approximate surface area is 229 Å². The third-order valence-electron chi connectivity index (χ3n) is 6.36. The first kappa shape index (κ1) is 27.4. The van der Waals surface area contributed by atoms with Gasteiger partial charge < -0.3 is 4.74 Å². The Morgan fingerprint density at radius 3 is 2.39 bits per heavy atom. The van der Waals surface area contributed by atoms with Crippen molar-refractivity contribution in [2.75, 3.05) is 6.61 Å². The van der Waals surface area contributed by atoms with Crippen molar-refractivity contribution in [2.24, 2.45) is 0 Å². The van der Waals surface area contributed by atoms with E-state index in [1.54, 1.807) is 25.1 Å². The summed E-state index contributed by atoms with van der Waals surface area (Å²) in [6, 6.07) is 26.0. The van der Waals surface area contributed by atoms with Gasteiger partial charge in [0.2, 0.25) is 0 Å². The molecule has 0 saturated heterocycles. The molecular weight excluding hydrogens is 518 g/mol. The molecule has 0 radical (unpaired) electrons. The molecule has 0 aliphatic carbocycles. The zero-order valence-corrected chi connectivity index (χ0v) is 23.2. The topological polar surface area (TPSA) is 72.5 Å². The highest BCUT2D eigenvalue weighted by molar-refractivity contribution is 7.90. The van der Waals surface area contributed by atoms with E-state index in [2.05, 4.69) is 4.72 Å². The number of aryl methyl sites for hydroxylation is 3. The van der Waals surface area contributed by atoms with Crippen molar-refractivity contribution in [3.63, 3.8) is 0 Å². The number of rotatable bonds is 9. The predicted octanol–water partition coefficient (Wildman–Crippen LogP) is 6.93. The molecule has 0 saturated carbocycles. The second-order valence-electron chi connectivity index (χ2n) is 9.09. The summed E-state index contributed by atoms with van der Waals surface area (Å²) in [5.74, 6) is 0.0663. The van der Waals surface area contributed by atoms with Gasteiger partial charge in [-0.3, -0.25) is 4.79 Å². The van der Waals surface area contributed by atoms with Gasteiger partial charge in [0.15, 0.2) is 0 Å². The fraction of sp³-hybridized carbons (Fsp3) is 0.194. The predicted molar refractivity (Wildman–Crippen MR) is 152 cm³/mol.